The molecule has 0 aromatic carbocycles. The molecule has 0 saturated carbocycles. The SMILES string of the molecule is C=CN=C(C=C)NC(=O)CN.CC. The fourth-order valence-corrected chi connectivity index (χ4v) is 0.428. The Morgan fingerprint density at radius 1 is 1.54 bits per heavy atom. The van der Waals surface area contributed by atoms with Crippen LogP contribution in [0.1, 0.15) is 13.8 Å². The van der Waals surface area contributed by atoms with Crippen molar-refractivity contribution >= 4 is 11.7 Å². The number of hydrogen-bond acceptors (Lipinski definition) is 3. The highest BCUT2D eigenvalue weighted by molar-refractivity contribution is 6.04. The van der Waals surface area contributed by atoms with Crippen LogP contribution >= 0.6 is 0 Å². The molecule has 0 aliphatic rings. The van der Waals surface area contributed by atoms with Gasteiger partial charge in [0.25, 0.3) is 0 Å². The van der Waals surface area contributed by atoms with Gasteiger partial charge in [-0.2, -0.15) is 0 Å². The first-order valence-electron chi connectivity index (χ1n) is 4.05. The van der Waals surface area contributed by atoms with Crippen molar-refractivity contribution in [3.63, 3.8) is 0 Å². The Hall–Kier alpha value is -1.42. The Balaban J connectivity index is 0. The van der Waals surface area contributed by atoms with Gasteiger partial charge in [-0.15, -0.1) is 0 Å². The van der Waals surface area contributed by atoms with Crippen molar-refractivity contribution in [2.45, 2.75) is 13.8 Å². The molecule has 4 heteroatoms. The van der Waals surface area contributed by atoms with E-state index in [1.165, 1.54) is 12.3 Å². The zero-order valence-electron chi connectivity index (χ0n) is 8.21. The Morgan fingerprint density at radius 2 is 2.08 bits per heavy atom. The summed E-state index contributed by atoms with van der Waals surface area (Å²) in [5.74, 6) is 0.0564. The monoisotopic (exact) mass is 183 g/mol. The first-order chi connectivity index (χ1) is 6.24. The van der Waals surface area contributed by atoms with Crippen LogP contribution in [0, 0.1) is 0 Å². The summed E-state index contributed by atoms with van der Waals surface area (Å²) >= 11 is 0. The summed E-state index contributed by atoms with van der Waals surface area (Å²) in [6, 6.07) is 0. The number of amidine groups is 1. The van der Waals surface area contributed by atoms with Gasteiger partial charge in [-0.3, -0.25) is 4.79 Å². The molecule has 74 valence electrons. The third-order valence-corrected chi connectivity index (χ3v) is 0.877. The van der Waals surface area contributed by atoms with Crippen molar-refractivity contribution in [1.82, 2.24) is 5.32 Å². The van der Waals surface area contributed by atoms with E-state index in [0.717, 1.165) is 0 Å². The third kappa shape index (κ3) is 8.49. The Kier molecular flexibility index (Phi) is 11.5. The fraction of sp³-hybridized carbons (Fsp3) is 0.333. The Bertz CT molecular complexity index is 197. The van der Waals surface area contributed by atoms with E-state index in [1.807, 2.05) is 13.8 Å². The summed E-state index contributed by atoms with van der Waals surface area (Å²) in [7, 11) is 0. The normalized spacial score (nSPS) is 9.31. The van der Waals surface area contributed by atoms with E-state index in [-0.39, 0.29) is 12.5 Å². The number of rotatable bonds is 3. The van der Waals surface area contributed by atoms with Crippen LogP contribution in [0.2, 0.25) is 0 Å². The first kappa shape index (κ1) is 14.1. The highest BCUT2D eigenvalue weighted by Gasteiger charge is 1.97. The lowest BCUT2D eigenvalue weighted by atomic mass is 10.5. The van der Waals surface area contributed by atoms with Crippen LogP contribution in [0.3, 0.4) is 0 Å². The van der Waals surface area contributed by atoms with Gasteiger partial charge in [-0.25, -0.2) is 4.99 Å². The molecule has 0 radical (unpaired) electrons. The number of aliphatic imine (C=N–C) groups is 1. The van der Waals surface area contributed by atoms with Crippen molar-refractivity contribution < 1.29 is 4.79 Å². The van der Waals surface area contributed by atoms with Gasteiger partial charge in [-0.05, 0) is 6.08 Å². The van der Waals surface area contributed by atoms with Crippen LogP contribution in [0.5, 0.6) is 0 Å². The number of carbonyl (C=O) groups excluding carboxylic acids is 1. The van der Waals surface area contributed by atoms with E-state index >= 15 is 0 Å². The van der Waals surface area contributed by atoms with Crippen molar-refractivity contribution in [3.8, 4) is 0 Å². The molecule has 1 amide bonds. The lowest BCUT2D eigenvalue weighted by molar-refractivity contribution is -0.118. The van der Waals surface area contributed by atoms with Gasteiger partial charge < -0.3 is 11.1 Å². The van der Waals surface area contributed by atoms with Gasteiger partial charge in [0, 0.05) is 6.20 Å². The standard InChI is InChI=1S/C7H11N3O.C2H6/c1-3-6(9-4-2)10-7(11)5-8;1-2/h3-4H,1-2,5,8H2,(H,9,10,11);1-2H3. The van der Waals surface area contributed by atoms with E-state index in [2.05, 4.69) is 23.5 Å². The van der Waals surface area contributed by atoms with E-state index in [9.17, 15) is 4.79 Å². The summed E-state index contributed by atoms with van der Waals surface area (Å²) < 4.78 is 0. The van der Waals surface area contributed by atoms with Crippen LogP contribution < -0.4 is 11.1 Å². The molecular formula is C9H17N3O. The Labute approximate surface area is 79.2 Å². The molecule has 0 heterocycles. The first-order valence-corrected chi connectivity index (χ1v) is 4.05. The van der Waals surface area contributed by atoms with Crippen LogP contribution in [0.15, 0.2) is 30.4 Å². The fourth-order valence-electron chi connectivity index (χ4n) is 0.428. The Morgan fingerprint density at radius 3 is 2.38 bits per heavy atom. The van der Waals surface area contributed by atoms with Crippen LogP contribution in [-0.2, 0) is 4.79 Å². The van der Waals surface area contributed by atoms with Crippen molar-refractivity contribution in [3.05, 3.63) is 25.4 Å². The number of nitrogens with zero attached hydrogens (tertiary/aromatic N) is 1. The maximum absolute atomic E-state index is 10.7. The second kappa shape index (κ2) is 10.6. The minimum Gasteiger partial charge on any atom is -0.322 e. The number of carbonyl (C=O) groups is 1. The average molecular weight is 183 g/mol. The van der Waals surface area contributed by atoms with Crippen molar-refractivity contribution in [2.75, 3.05) is 6.54 Å². The number of amides is 1. The van der Waals surface area contributed by atoms with Gasteiger partial charge in [0.1, 0.15) is 5.84 Å². The van der Waals surface area contributed by atoms with Crippen molar-refractivity contribution in [2.24, 2.45) is 10.7 Å². The third-order valence-electron chi connectivity index (χ3n) is 0.877. The minimum atomic E-state index is -0.300. The zero-order chi connectivity index (χ0) is 10.7. The summed E-state index contributed by atoms with van der Waals surface area (Å²) in [5.41, 5.74) is 5.04. The van der Waals surface area contributed by atoms with Gasteiger partial charge in [-0.1, -0.05) is 27.0 Å². The van der Waals surface area contributed by atoms with Crippen LogP contribution in [0.4, 0.5) is 0 Å². The molecule has 0 aliphatic heterocycles. The summed E-state index contributed by atoms with van der Waals surface area (Å²) in [6.07, 6.45) is 2.73. The number of hydrogen-bond donors (Lipinski definition) is 2. The quantitative estimate of drug-likeness (QED) is 0.502. The maximum Gasteiger partial charge on any atom is 0.239 e. The second-order valence-corrected chi connectivity index (χ2v) is 1.65. The highest BCUT2D eigenvalue weighted by atomic mass is 16.1. The molecule has 0 fully saturated rings. The van der Waals surface area contributed by atoms with E-state index in [0.29, 0.717) is 5.84 Å². The largest absolute Gasteiger partial charge is 0.322 e. The molecule has 0 spiro atoms. The predicted molar refractivity (Wildman–Crippen MR) is 56.4 cm³/mol. The second-order valence-electron chi connectivity index (χ2n) is 1.65. The van der Waals surface area contributed by atoms with E-state index < -0.39 is 0 Å². The molecule has 0 rings (SSSR count). The number of nitrogens with one attached hydrogen (secondary N) is 1. The summed E-state index contributed by atoms with van der Waals surface area (Å²) in [6.45, 7) is 10.7. The van der Waals surface area contributed by atoms with Gasteiger partial charge in [0.2, 0.25) is 5.91 Å². The molecular weight excluding hydrogens is 166 g/mol. The van der Waals surface area contributed by atoms with E-state index in [4.69, 9.17) is 5.73 Å². The van der Waals surface area contributed by atoms with Gasteiger partial charge >= 0.3 is 0 Å². The van der Waals surface area contributed by atoms with Crippen LogP contribution in [0.25, 0.3) is 0 Å². The summed E-state index contributed by atoms with van der Waals surface area (Å²) in [4.78, 5) is 14.4. The average Bonchev–Trinajstić information content (AvgIpc) is 2.20. The number of nitrogens with two attached hydrogens (primary N) is 1. The minimum absolute atomic E-state index is 0.0655. The molecule has 0 aromatic heterocycles. The van der Waals surface area contributed by atoms with Crippen molar-refractivity contribution in [1.29, 1.82) is 0 Å². The molecule has 0 saturated heterocycles. The molecule has 13 heavy (non-hydrogen) atoms. The maximum atomic E-state index is 10.7. The van der Waals surface area contributed by atoms with Crippen LogP contribution in [-0.4, -0.2) is 18.3 Å². The molecule has 0 bridgehead atoms. The zero-order valence-corrected chi connectivity index (χ0v) is 8.21. The summed E-state index contributed by atoms with van der Waals surface area (Å²) in [5, 5.41) is 2.41. The van der Waals surface area contributed by atoms with Gasteiger partial charge in [0.05, 0.1) is 6.54 Å². The topological polar surface area (TPSA) is 67.5 Å². The van der Waals surface area contributed by atoms with E-state index in [1.54, 1.807) is 0 Å². The molecule has 0 unspecified atom stereocenters. The molecule has 0 aromatic rings. The smallest absolute Gasteiger partial charge is 0.239 e. The highest BCUT2D eigenvalue weighted by Crippen LogP contribution is 1.76. The predicted octanol–water partition coefficient (Wildman–Crippen LogP) is 0.815. The molecule has 4 nitrogen and oxygen atoms in total. The molecule has 0 atom stereocenters. The molecule has 0 aliphatic carbocycles. The lowest BCUT2D eigenvalue weighted by Crippen LogP contribution is -2.34. The molecule has 3 N–H and O–H groups in total. The lowest BCUT2D eigenvalue weighted by Gasteiger charge is -1.99. The van der Waals surface area contributed by atoms with Gasteiger partial charge in [0.15, 0.2) is 0 Å².